The maximum atomic E-state index is 12.7. The number of rotatable bonds is 5. The summed E-state index contributed by atoms with van der Waals surface area (Å²) in [7, 11) is -3.21. The normalized spacial score (nSPS) is 14.9. The number of aryl methyl sites for hydroxylation is 1. The van der Waals surface area contributed by atoms with Gasteiger partial charge in [-0.25, -0.2) is 4.98 Å². The van der Waals surface area contributed by atoms with E-state index in [-0.39, 0.29) is 5.88 Å². The van der Waals surface area contributed by atoms with Crippen LogP contribution in [0, 0.1) is 11.3 Å². The second-order valence-electron chi connectivity index (χ2n) is 7.24. The number of nitriles is 1. The van der Waals surface area contributed by atoms with Crippen molar-refractivity contribution in [1.82, 2.24) is 19.7 Å². The highest BCUT2D eigenvalue weighted by molar-refractivity contribution is 7.81. The average Bonchev–Trinajstić information content (AvgIpc) is 3.18. The van der Waals surface area contributed by atoms with Crippen LogP contribution in [0.15, 0.2) is 42.9 Å². The highest BCUT2D eigenvalue weighted by atomic mass is 32.3. The largest absolute Gasteiger partial charge is 0.490 e. The highest BCUT2D eigenvalue weighted by Gasteiger charge is 2.27. The predicted molar refractivity (Wildman–Crippen MR) is 110 cm³/mol. The zero-order chi connectivity index (χ0) is 22.0. The number of pyridine rings is 1. The molecule has 0 N–H and O–H groups in total. The van der Waals surface area contributed by atoms with Crippen molar-refractivity contribution in [2.75, 3.05) is 18.0 Å². The van der Waals surface area contributed by atoms with Crippen molar-refractivity contribution < 1.29 is 16.5 Å². The number of anilines is 1. The van der Waals surface area contributed by atoms with Crippen molar-refractivity contribution in [3.05, 3.63) is 54.2 Å². The molecule has 3 aromatic rings. The van der Waals surface area contributed by atoms with E-state index in [0.717, 1.165) is 43.0 Å². The van der Waals surface area contributed by atoms with Crippen molar-refractivity contribution in [3.63, 3.8) is 0 Å². The molecule has 1 fully saturated rings. The molecule has 0 radical (unpaired) electrons. The SMILES string of the molecule is Cn1cnnc1C1CCN(c2c(C#N)cccc2-c2ccc(OS(=O)(=O)F)nc2)CC1. The van der Waals surface area contributed by atoms with Gasteiger partial charge in [0.15, 0.2) is 0 Å². The lowest BCUT2D eigenvalue weighted by Gasteiger charge is -2.35. The van der Waals surface area contributed by atoms with Gasteiger partial charge in [0.25, 0.3) is 0 Å². The van der Waals surface area contributed by atoms with E-state index in [4.69, 9.17) is 0 Å². The molecular weight excluding hydrogens is 423 g/mol. The molecule has 9 nitrogen and oxygen atoms in total. The molecule has 4 rings (SSSR count). The van der Waals surface area contributed by atoms with E-state index in [1.165, 1.54) is 12.3 Å². The summed E-state index contributed by atoms with van der Waals surface area (Å²) in [5, 5.41) is 17.9. The maximum absolute atomic E-state index is 12.7. The Kier molecular flexibility index (Phi) is 5.56. The van der Waals surface area contributed by atoms with Crippen LogP contribution in [0.25, 0.3) is 11.1 Å². The Balaban J connectivity index is 1.62. The lowest BCUT2D eigenvalue weighted by molar-refractivity contribution is 0.432. The number of halogens is 1. The predicted octanol–water partition coefficient (Wildman–Crippen LogP) is 2.73. The van der Waals surface area contributed by atoms with Crippen LogP contribution in [-0.4, -0.2) is 41.3 Å². The molecule has 0 saturated carbocycles. The Labute approximate surface area is 179 Å². The second kappa shape index (κ2) is 8.31. The Morgan fingerprint density at radius 1 is 1.23 bits per heavy atom. The summed E-state index contributed by atoms with van der Waals surface area (Å²) in [5.41, 5.74) is 2.75. The molecular formula is C20H19FN6O3S. The number of benzene rings is 1. The first kappa shape index (κ1) is 20.7. The summed E-state index contributed by atoms with van der Waals surface area (Å²) in [6.45, 7) is 1.47. The lowest BCUT2D eigenvalue weighted by Crippen LogP contribution is -2.34. The molecule has 0 aliphatic carbocycles. The van der Waals surface area contributed by atoms with E-state index in [1.54, 1.807) is 24.5 Å². The number of hydrogen-bond acceptors (Lipinski definition) is 8. The van der Waals surface area contributed by atoms with Crippen LogP contribution in [0.2, 0.25) is 0 Å². The molecule has 31 heavy (non-hydrogen) atoms. The molecule has 0 spiro atoms. The Hall–Kier alpha value is -3.52. The standard InChI is InChI=1S/C20H19FN6O3S/c1-26-13-24-25-20(26)14-7-9-27(10-8-14)19-15(11-22)3-2-4-17(19)16-5-6-18(23-12-16)30-31(21,28)29/h2-6,12-14H,7-10H2,1H3. The third kappa shape index (κ3) is 4.49. The summed E-state index contributed by atoms with van der Waals surface area (Å²) in [4.78, 5) is 6.04. The van der Waals surface area contributed by atoms with Crippen LogP contribution in [0.5, 0.6) is 5.88 Å². The molecule has 11 heteroatoms. The Morgan fingerprint density at radius 3 is 2.58 bits per heavy atom. The van der Waals surface area contributed by atoms with Crippen LogP contribution in [0.3, 0.4) is 0 Å². The first-order valence-corrected chi connectivity index (χ1v) is 10.9. The van der Waals surface area contributed by atoms with Crippen LogP contribution >= 0.6 is 0 Å². The third-order valence-corrected chi connectivity index (χ3v) is 5.68. The third-order valence-electron chi connectivity index (χ3n) is 5.31. The fourth-order valence-electron chi connectivity index (χ4n) is 3.92. The molecule has 0 bridgehead atoms. The van der Waals surface area contributed by atoms with Crippen molar-refractivity contribution >= 4 is 16.2 Å². The fourth-order valence-corrected chi connectivity index (χ4v) is 4.22. The molecule has 0 unspecified atom stereocenters. The van der Waals surface area contributed by atoms with E-state index in [9.17, 15) is 17.6 Å². The molecule has 3 heterocycles. The van der Waals surface area contributed by atoms with Gasteiger partial charge in [-0.3, -0.25) is 0 Å². The molecule has 160 valence electrons. The quantitative estimate of drug-likeness (QED) is 0.554. The highest BCUT2D eigenvalue weighted by Crippen LogP contribution is 2.37. The van der Waals surface area contributed by atoms with E-state index < -0.39 is 10.5 Å². The first-order chi connectivity index (χ1) is 14.9. The minimum atomic E-state index is -5.14. The lowest BCUT2D eigenvalue weighted by atomic mass is 9.93. The van der Waals surface area contributed by atoms with Gasteiger partial charge >= 0.3 is 10.5 Å². The number of aromatic nitrogens is 4. The van der Waals surface area contributed by atoms with Gasteiger partial charge in [0, 0.05) is 49.4 Å². The maximum Gasteiger partial charge on any atom is 0.490 e. The number of hydrogen-bond donors (Lipinski definition) is 0. The Morgan fingerprint density at radius 2 is 2.00 bits per heavy atom. The zero-order valence-electron chi connectivity index (χ0n) is 16.6. The van der Waals surface area contributed by atoms with Gasteiger partial charge in [0.2, 0.25) is 5.88 Å². The van der Waals surface area contributed by atoms with Gasteiger partial charge in [-0.15, -0.1) is 10.2 Å². The second-order valence-corrected chi connectivity index (χ2v) is 8.19. The van der Waals surface area contributed by atoms with Gasteiger partial charge in [0.1, 0.15) is 18.2 Å². The van der Waals surface area contributed by atoms with Crippen LogP contribution in [0.4, 0.5) is 9.57 Å². The molecule has 1 saturated heterocycles. The van der Waals surface area contributed by atoms with E-state index in [0.29, 0.717) is 17.0 Å². The van der Waals surface area contributed by atoms with Crippen molar-refractivity contribution in [3.8, 4) is 23.1 Å². The zero-order valence-corrected chi connectivity index (χ0v) is 17.5. The van der Waals surface area contributed by atoms with Gasteiger partial charge in [-0.1, -0.05) is 16.0 Å². The number of nitrogens with zero attached hydrogens (tertiary/aromatic N) is 6. The molecule has 1 aliphatic heterocycles. The summed E-state index contributed by atoms with van der Waals surface area (Å²) < 4.78 is 40.1. The monoisotopic (exact) mass is 442 g/mol. The van der Waals surface area contributed by atoms with Gasteiger partial charge < -0.3 is 13.7 Å². The van der Waals surface area contributed by atoms with Gasteiger partial charge in [-0.05, 0) is 25.0 Å². The molecule has 2 aromatic heterocycles. The number of piperidine rings is 1. The first-order valence-electron chi connectivity index (χ1n) is 9.58. The van der Waals surface area contributed by atoms with Crippen LogP contribution < -0.4 is 9.08 Å². The van der Waals surface area contributed by atoms with E-state index in [1.807, 2.05) is 17.7 Å². The molecule has 1 aliphatic rings. The smallest absolute Gasteiger partial charge is 0.370 e. The van der Waals surface area contributed by atoms with E-state index in [2.05, 4.69) is 30.3 Å². The van der Waals surface area contributed by atoms with Crippen molar-refractivity contribution in [1.29, 1.82) is 5.26 Å². The Bertz CT molecular complexity index is 1230. The summed E-state index contributed by atoms with van der Waals surface area (Å²) >= 11 is 0. The summed E-state index contributed by atoms with van der Waals surface area (Å²) in [6, 6.07) is 10.5. The summed E-state index contributed by atoms with van der Waals surface area (Å²) in [5.74, 6) is 0.881. The number of para-hydroxylation sites is 1. The topological polar surface area (TPSA) is 114 Å². The fraction of sp³-hybridized carbons (Fsp3) is 0.300. The molecule has 0 amide bonds. The van der Waals surface area contributed by atoms with Gasteiger partial charge in [-0.2, -0.15) is 13.7 Å². The minimum Gasteiger partial charge on any atom is -0.370 e. The minimum absolute atomic E-state index is 0.294. The van der Waals surface area contributed by atoms with Crippen molar-refractivity contribution in [2.24, 2.45) is 7.05 Å². The molecule has 0 atom stereocenters. The van der Waals surface area contributed by atoms with Gasteiger partial charge in [0.05, 0.1) is 11.3 Å². The van der Waals surface area contributed by atoms with Crippen molar-refractivity contribution in [2.45, 2.75) is 18.8 Å². The average molecular weight is 442 g/mol. The summed E-state index contributed by atoms with van der Waals surface area (Å²) in [6.07, 6.45) is 4.82. The van der Waals surface area contributed by atoms with Crippen LogP contribution in [0.1, 0.15) is 30.1 Å². The van der Waals surface area contributed by atoms with E-state index >= 15 is 0 Å². The van der Waals surface area contributed by atoms with Crippen LogP contribution in [-0.2, 0) is 17.6 Å². The molecule has 1 aromatic carbocycles.